The van der Waals surface area contributed by atoms with Gasteiger partial charge in [0.1, 0.15) is 0 Å². The number of rotatable bonds is 5. The lowest BCUT2D eigenvalue weighted by Crippen LogP contribution is -2.03. The van der Waals surface area contributed by atoms with Crippen LogP contribution in [0.25, 0.3) is 17.1 Å². The third-order valence-electron chi connectivity index (χ3n) is 4.32. The molecule has 0 radical (unpaired) electrons. The number of hydrogen-bond acceptors (Lipinski definition) is 5. The maximum absolute atomic E-state index is 8.87. The number of aryl methyl sites for hydroxylation is 1. The molecule has 132 valence electrons. The minimum absolute atomic E-state index is 0.492. The molecule has 4 aromatic rings. The van der Waals surface area contributed by atoms with E-state index in [1.807, 2.05) is 41.2 Å². The summed E-state index contributed by atoms with van der Waals surface area (Å²) in [5, 5.41) is 26.0. The molecule has 7 nitrogen and oxygen atoms in total. The van der Waals surface area contributed by atoms with Crippen molar-refractivity contribution in [2.45, 2.75) is 19.9 Å². The lowest BCUT2D eigenvalue weighted by Gasteiger charge is -2.06. The van der Waals surface area contributed by atoms with Crippen molar-refractivity contribution in [3.05, 3.63) is 77.6 Å². The highest BCUT2D eigenvalue weighted by Crippen LogP contribution is 2.19. The van der Waals surface area contributed by atoms with Crippen molar-refractivity contribution in [3.8, 4) is 23.1 Å². The molecule has 0 atom stereocenters. The SMILES string of the molecule is CCc1ccccc1-n1cc(-c2nnn(Cc3ccc(C#N)cc3)n2)cn1. The first-order valence-electron chi connectivity index (χ1n) is 8.67. The van der Waals surface area contributed by atoms with Crippen molar-refractivity contribution >= 4 is 0 Å². The third kappa shape index (κ3) is 3.46. The molecule has 0 aliphatic carbocycles. The molecule has 0 aliphatic heterocycles. The van der Waals surface area contributed by atoms with Gasteiger partial charge in [0.25, 0.3) is 0 Å². The zero-order chi connectivity index (χ0) is 18.6. The summed E-state index contributed by atoms with van der Waals surface area (Å²) in [5.41, 5.74) is 4.73. The van der Waals surface area contributed by atoms with Crippen LogP contribution in [0.3, 0.4) is 0 Å². The predicted octanol–water partition coefficient (Wildman–Crippen LogP) is 3.01. The number of nitrogens with zero attached hydrogens (tertiary/aromatic N) is 7. The zero-order valence-corrected chi connectivity index (χ0v) is 14.8. The van der Waals surface area contributed by atoms with E-state index in [0.717, 1.165) is 23.2 Å². The Hall–Kier alpha value is -3.79. The Morgan fingerprint density at radius 3 is 2.67 bits per heavy atom. The molecule has 0 saturated carbocycles. The van der Waals surface area contributed by atoms with Gasteiger partial charge in [-0.1, -0.05) is 37.3 Å². The maximum atomic E-state index is 8.87. The standard InChI is InChI=1S/C20H17N7/c1-2-17-5-3-4-6-19(17)26-14-18(12-22-26)20-23-25-27(24-20)13-16-9-7-15(11-21)8-10-16/h3-10,12,14H,2,13H2,1H3. The van der Waals surface area contributed by atoms with Crippen LogP contribution in [0.15, 0.2) is 60.9 Å². The normalized spacial score (nSPS) is 10.7. The van der Waals surface area contributed by atoms with E-state index < -0.39 is 0 Å². The van der Waals surface area contributed by atoms with Crippen molar-refractivity contribution < 1.29 is 0 Å². The second-order valence-corrected chi connectivity index (χ2v) is 6.11. The number of benzene rings is 2. The van der Waals surface area contributed by atoms with Gasteiger partial charge in [-0.05, 0) is 41.0 Å². The van der Waals surface area contributed by atoms with Crippen molar-refractivity contribution in [1.29, 1.82) is 5.26 Å². The molecule has 2 aromatic heterocycles. The van der Waals surface area contributed by atoms with E-state index in [9.17, 15) is 0 Å². The number of aromatic nitrogens is 6. The van der Waals surface area contributed by atoms with Gasteiger partial charge in [-0.25, -0.2) is 4.68 Å². The van der Waals surface area contributed by atoms with Crippen LogP contribution in [0.2, 0.25) is 0 Å². The van der Waals surface area contributed by atoms with Crippen LogP contribution in [0, 0.1) is 11.3 Å². The lowest BCUT2D eigenvalue weighted by atomic mass is 10.1. The van der Waals surface area contributed by atoms with Gasteiger partial charge in [0.15, 0.2) is 0 Å². The molecule has 0 aliphatic rings. The Labute approximate surface area is 156 Å². The van der Waals surface area contributed by atoms with Gasteiger partial charge >= 0.3 is 0 Å². The fourth-order valence-corrected chi connectivity index (χ4v) is 2.88. The maximum Gasteiger partial charge on any atom is 0.208 e. The first-order chi connectivity index (χ1) is 13.3. The summed E-state index contributed by atoms with van der Waals surface area (Å²) in [4.78, 5) is 1.54. The molecular weight excluding hydrogens is 338 g/mol. The zero-order valence-electron chi connectivity index (χ0n) is 14.8. The van der Waals surface area contributed by atoms with Crippen molar-refractivity contribution in [3.63, 3.8) is 0 Å². The number of nitriles is 1. The monoisotopic (exact) mass is 355 g/mol. The molecule has 0 amide bonds. The highest BCUT2D eigenvalue weighted by molar-refractivity contribution is 5.53. The van der Waals surface area contributed by atoms with Crippen LogP contribution >= 0.6 is 0 Å². The van der Waals surface area contributed by atoms with Gasteiger partial charge in [-0.3, -0.25) is 0 Å². The van der Waals surface area contributed by atoms with Crippen LogP contribution in [0.4, 0.5) is 0 Å². The minimum Gasteiger partial charge on any atom is -0.240 e. The molecule has 0 bridgehead atoms. The summed E-state index contributed by atoms with van der Waals surface area (Å²) < 4.78 is 1.84. The first-order valence-corrected chi connectivity index (χ1v) is 8.67. The van der Waals surface area contributed by atoms with Gasteiger partial charge in [-0.15, -0.1) is 10.2 Å². The van der Waals surface area contributed by atoms with Crippen LogP contribution in [-0.2, 0) is 13.0 Å². The van der Waals surface area contributed by atoms with E-state index in [0.29, 0.717) is 17.9 Å². The van der Waals surface area contributed by atoms with E-state index in [1.165, 1.54) is 10.4 Å². The largest absolute Gasteiger partial charge is 0.240 e. The Balaban J connectivity index is 1.55. The molecule has 4 rings (SSSR count). The smallest absolute Gasteiger partial charge is 0.208 e. The molecule has 2 heterocycles. The Bertz CT molecular complexity index is 1100. The highest BCUT2D eigenvalue weighted by Gasteiger charge is 2.11. The average Bonchev–Trinajstić information content (AvgIpc) is 3.38. The van der Waals surface area contributed by atoms with E-state index in [-0.39, 0.29) is 0 Å². The Kier molecular flexibility index (Phi) is 4.45. The minimum atomic E-state index is 0.492. The van der Waals surface area contributed by atoms with Gasteiger partial charge in [-0.2, -0.15) is 15.2 Å². The van der Waals surface area contributed by atoms with E-state index in [1.54, 1.807) is 18.3 Å². The summed E-state index contributed by atoms with van der Waals surface area (Å²) in [5.74, 6) is 0.531. The molecule has 0 saturated heterocycles. The molecule has 0 N–H and O–H groups in total. The molecule has 2 aromatic carbocycles. The van der Waals surface area contributed by atoms with E-state index in [4.69, 9.17) is 5.26 Å². The number of hydrogen-bond donors (Lipinski definition) is 0. The van der Waals surface area contributed by atoms with E-state index >= 15 is 0 Å². The third-order valence-corrected chi connectivity index (χ3v) is 4.32. The molecule has 27 heavy (non-hydrogen) atoms. The van der Waals surface area contributed by atoms with E-state index in [2.05, 4.69) is 39.6 Å². The second kappa shape index (κ2) is 7.22. The summed E-state index contributed by atoms with van der Waals surface area (Å²) in [6, 6.07) is 17.6. The summed E-state index contributed by atoms with van der Waals surface area (Å²) in [6.45, 7) is 2.62. The van der Waals surface area contributed by atoms with Crippen LogP contribution in [0.1, 0.15) is 23.6 Å². The topological polar surface area (TPSA) is 85.2 Å². The lowest BCUT2D eigenvalue weighted by molar-refractivity contribution is 0.573. The Morgan fingerprint density at radius 1 is 1.07 bits per heavy atom. The van der Waals surface area contributed by atoms with Gasteiger partial charge in [0.05, 0.1) is 35.6 Å². The highest BCUT2D eigenvalue weighted by atomic mass is 15.6. The Morgan fingerprint density at radius 2 is 1.89 bits per heavy atom. The second-order valence-electron chi connectivity index (χ2n) is 6.11. The first kappa shape index (κ1) is 16.7. The van der Waals surface area contributed by atoms with Crippen molar-refractivity contribution in [1.82, 2.24) is 30.0 Å². The van der Waals surface area contributed by atoms with Gasteiger partial charge < -0.3 is 0 Å². The fraction of sp³-hybridized carbons (Fsp3) is 0.150. The molecule has 0 unspecified atom stereocenters. The van der Waals surface area contributed by atoms with Crippen molar-refractivity contribution in [2.24, 2.45) is 0 Å². The average molecular weight is 355 g/mol. The fourth-order valence-electron chi connectivity index (χ4n) is 2.88. The van der Waals surface area contributed by atoms with Gasteiger partial charge in [0.2, 0.25) is 5.82 Å². The molecule has 0 spiro atoms. The number of para-hydroxylation sites is 1. The van der Waals surface area contributed by atoms with Crippen LogP contribution < -0.4 is 0 Å². The van der Waals surface area contributed by atoms with Crippen LogP contribution in [0.5, 0.6) is 0 Å². The van der Waals surface area contributed by atoms with Crippen LogP contribution in [-0.4, -0.2) is 30.0 Å². The molecular formula is C20H17N7. The quantitative estimate of drug-likeness (QED) is 0.549. The van der Waals surface area contributed by atoms with Crippen molar-refractivity contribution in [2.75, 3.05) is 0 Å². The summed E-state index contributed by atoms with van der Waals surface area (Å²) >= 11 is 0. The summed E-state index contributed by atoms with van der Waals surface area (Å²) in [6.07, 6.45) is 4.59. The number of tetrazole rings is 1. The molecule has 0 fully saturated rings. The molecule has 7 heteroatoms. The predicted molar refractivity (Wildman–Crippen MR) is 100 cm³/mol. The summed E-state index contributed by atoms with van der Waals surface area (Å²) in [7, 11) is 0. The van der Waals surface area contributed by atoms with Gasteiger partial charge in [0, 0.05) is 6.20 Å².